The lowest BCUT2D eigenvalue weighted by molar-refractivity contribution is -0.628. The number of imidazole rings is 1. The molecule has 2 aromatic heterocycles. The minimum absolute atomic E-state index is 0.219. The van der Waals surface area contributed by atoms with Crippen molar-refractivity contribution in [2.45, 2.75) is 25.1 Å². The number of anilines is 1. The Balaban J connectivity index is 1.46. The van der Waals surface area contributed by atoms with E-state index in [0.29, 0.717) is 41.3 Å². The Kier molecular flexibility index (Phi) is 8.37. The molecule has 5 N–H and O–H groups in total. The summed E-state index contributed by atoms with van der Waals surface area (Å²) < 4.78 is 63.8. The average Bonchev–Trinajstić information content (AvgIpc) is 3.31. The highest BCUT2D eigenvalue weighted by atomic mass is 32.2. The van der Waals surface area contributed by atoms with Gasteiger partial charge in [-0.15, -0.1) is 0 Å². The number of fused-ring (bicyclic) bond motifs is 1. The number of aromatic nitrogens is 2. The summed E-state index contributed by atoms with van der Waals surface area (Å²) in [6, 6.07) is 9.62. The number of nitrogens with two attached hydrogens (primary N) is 1. The summed E-state index contributed by atoms with van der Waals surface area (Å²) >= 11 is 0. The Morgan fingerprint density at radius 1 is 1.23 bits per heavy atom. The number of rotatable bonds is 8. The van der Waals surface area contributed by atoms with Gasteiger partial charge in [-0.25, -0.2) is 22.5 Å². The van der Waals surface area contributed by atoms with Crippen molar-refractivity contribution in [3.8, 4) is 11.3 Å². The molecule has 1 saturated heterocycles. The van der Waals surface area contributed by atoms with Gasteiger partial charge in [0.05, 0.1) is 29.8 Å². The number of urea groups is 1. The number of hydrogen-bond donors (Lipinski definition) is 4. The van der Waals surface area contributed by atoms with E-state index in [4.69, 9.17) is 5.41 Å². The number of piperidine rings is 1. The van der Waals surface area contributed by atoms with Crippen LogP contribution in [-0.2, 0) is 10.0 Å². The van der Waals surface area contributed by atoms with Crippen LogP contribution in [-0.4, -0.2) is 72.5 Å². The molecule has 3 aromatic rings. The zero-order chi connectivity index (χ0) is 28.2. The molecule has 0 spiro atoms. The van der Waals surface area contributed by atoms with Gasteiger partial charge in [0.2, 0.25) is 10.0 Å². The van der Waals surface area contributed by atoms with Gasteiger partial charge < -0.3 is 21.4 Å². The van der Waals surface area contributed by atoms with Crippen molar-refractivity contribution in [2.24, 2.45) is 0 Å². The van der Waals surface area contributed by atoms with Gasteiger partial charge >= 0.3 is 12.2 Å². The van der Waals surface area contributed by atoms with Gasteiger partial charge in [0.25, 0.3) is 0 Å². The molecule has 0 saturated carbocycles. The maximum atomic E-state index is 12.3. The first-order valence-electron chi connectivity index (χ1n) is 12.1. The van der Waals surface area contributed by atoms with E-state index < -0.39 is 28.8 Å². The SMILES string of the molecule is CS(=O)(=O)N1CCC([NH2+]/C=C(\C=N)c2ccn3c(-c4cccc(NC(=O)NCC(F)(F)F)c4)cnc3c2)CC1. The smallest absolute Gasteiger partial charge is 0.329 e. The number of nitrogens with one attached hydrogen (secondary N) is 3. The fourth-order valence-electron chi connectivity index (χ4n) is 4.35. The summed E-state index contributed by atoms with van der Waals surface area (Å²) in [5.41, 5.74) is 3.82. The number of hydrogen-bond acceptors (Lipinski definition) is 5. The number of allylic oxidation sites excluding steroid dienone is 1. The third-order valence-corrected chi connectivity index (χ3v) is 7.69. The molecule has 39 heavy (non-hydrogen) atoms. The first kappa shape index (κ1) is 28.3. The molecule has 0 radical (unpaired) electrons. The van der Waals surface area contributed by atoms with Crippen LogP contribution in [0.2, 0.25) is 0 Å². The van der Waals surface area contributed by atoms with Gasteiger partial charge in [-0.1, -0.05) is 12.1 Å². The largest absolute Gasteiger partial charge is 0.405 e. The molecule has 2 amide bonds. The molecular weight excluding hydrogens is 535 g/mol. The lowest BCUT2D eigenvalue weighted by atomic mass is 10.1. The molecule has 0 aliphatic carbocycles. The fourth-order valence-corrected chi connectivity index (χ4v) is 5.23. The molecule has 3 heterocycles. The van der Waals surface area contributed by atoms with Crippen LogP contribution in [0.25, 0.3) is 22.5 Å². The van der Waals surface area contributed by atoms with Crippen molar-refractivity contribution in [3.05, 3.63) is 60.6 Å². The number of alkyl halides is 3. The zero-order valence-electron chi connectivity index (χ0n) is 21.1. The average molecular weight is 565 g/mol. The summed E-state index contributed by atoms with van der Waals surface area (Å²) in [4.78, 5) is 16.3. The molecule has 1 fully saturated rings. The number of carbonyl (C=O) groups is 1. The molecule has 0 atom stereocenters. The highest BCUT2D eigenvalue weighted by molar-refractivity contribution is 7.88. The normalized spacial score (nSPS) is 15.8. The van der Waals surface area contributed by atoms with Gasteiger partial charge in [-0.3, -0.25) is 4.40 Å². The number of benzene rings is 1. The maximum Gasteiger partial charge on any atom is 0.405 e. The Labute approximate surface area is 223 Å². The van der Waals surface area contributed by atoms with Gasteiger partial charge in [0.15, 0.2) is 0 Å². The van der Waals surface area contributed by atoms with Crippen LogP contribution in [0.5, 0.6) is 0 Å². The van der Waals surface area contributed by atoms with Crippen LogP contribution in [0.3, 0.4) is 0 Å². The van der Waals surface area contributed by atoms with E-state index in [2.05, 4.69) is 10.3 Å². The monoisotopic (exact) mass is 564 g/mol. The van der Waals surface area contributed by atoms with Gasteiger partial charge in [-0.05, 0) is 29.8 Å². The fraction of sp³-hybridized carbons (Fsp3) is 0.320. The lowest BCUT2D eigenvalue weighted by Crippen LogP contribution is -2.86. The second kappa shape index (κ2) is 11.6. The van der Waals surface area contributed by atoms with Crippen LogP contribution >= 0.6 is 0 Å². The molecule has 0 unspecified atom stereocenters. The lowest BCUT2D eigenvalue weighted by Gasteiger charge is -2.28. The van der Waals surface area contributed by atoms with E-state index in [1.165, 1.54) is 16.8 Å². The van der Waals surface area contributed by atoms with Crippen molar-refractivity contribution in [1.29, 1.82) is 5.41 Å². The second-order valence-corrected chi connectivity index (χ2v) is 11.2. The topological polar surface area (TPSA) is 136 Å². The predicted molar refractivity (Wildman–Crippen MR) is 142 cm³/mol. The van der Waals surface area contributed by atoms with Crippen molar-refractivity contribution < 1.29 is 31.7 Å². The van der Waals surface area contributed by atoms with Crippen LogP contribution in [0, 0.1) is 5.41 Å². The van der Waals surface area contributed by atoms with Crippen molar-refractivity contribution in [3.63, 3.8) is 0 Å². The first-order valence-corrected chi connectivity index (χ1v) is 14.0. The van der Waals surface area contributed by atoms with E-state index in [-0.39, 0.29) is 6.04 Å². The van der Waals surface area contributed by atoms with E-state index in [9.17, 15) is 26.4 Å². The van der Waals surface area contributed by atoms with Crippen LogP contribution in [0.15, 0.2) is 55.0 Å². The third-order valence-electron chi connectivity index (χ3n) is 6.38. The quantitative estimate of drug-likeness (QED) is 0.313. The highest BCUT2D eigenvalue weighted by Crippen LogP contribution is 2.25. The molecule has 1 aromatic carbocycles. The number of nitrogens with zero attached hydrogens (tertiary/aromatic N) is 3. The maximum absolute atomic E-state index is 12.3. The molecule has 14 heteroatoms. The first-order chi connectivity index (χ1) is 18.4. The Hall–Kier alpha value is -3.75. The molecule has 208 valence electrons. The molecule has 0 bridgehead atoms. The van der Waals surface area contributed by atoms with Gasteiger partial charge in [0.1, 0.15) is 18.4 Å². The van der Waals surface area contributed by atoms with Gasteiger partial charge in [0, 0.05) is 49.6 Å². The number of sulfonamides is 1. The van der Waals surface area contributed by atoms with Gasteiger partial charge in [-0.2, -0.15) is 13.2 Å². The number of quaternary nitrogens is 1. The number of carbonyl (C=O) groups excluding carboxylic acids is 1. The van der Waals surface area contributed by atoms with E-state index in [0.717, 1.165) is 18.4 Å². The summed E-state index contributed by atoms with van der Waals surface area (Å²) in [6.45, 7) is -0.475. The Morgan fingerprint density at radius 3 is 2.64 bits per heavy atom. The van der Waals surface area contributed by atoms with E-state index in [1.54, 1.807) is 35.8 Å². The Morgan fingerprint density at radius 2 is 1.97 bits per heavy atom. The number of amides is 2. The summed E-state index contributed by atoms with van der Waals surface area (Å²) in [5, 5.41) is 14.1. The van der Waals surface area contributed by atoms with Crippen molar-refractivity contribution >= 4 is 39.2 Å². The zero-order valence-corrected chi connectivity index (χ0v) is 21.9. The molecule has 10 nitrogen and oxygen atoms in total. The Bertz CT molecular complexity index is 1490. The standard InChI is InChI=1S/C25H28F3N7O3S/c1-39(37,38)34-8-6-20(7-9-34)30-14-19(13-29)17-5-10-35-22(15-31-23(35)12-17)18-3-2-4-21(11-18)33-24(36)32-16-25(26,27)28/h2-5,10-15,20,29-30H,6-9,16H2,1H3,(H2,32,33,36)/p+1/b19-14+,29-13?. The second-order valence-electron chi connectivity index (χ2n) is 9.25. The third kappa shape index (κ3) is 7.43. The minimum Gasteiger partial charge on any atom is -0.329 e. The van der Waals surface area contributed by atoms with Crippen molar-refractivity contribution in [1.82, 2.24) is 19.0 Å². The number of halogens is 3. The van der Waals surface area contributed by atoms with Crippen LogP contribution in [0.4, 0.5) is 23.7 Å². The molecular formula is C25H29F3N7O3S+. The highest BCUT2D eigenvalue weighted by Gasteiger charge is 2.28. The van der Waals surface area contributed by atoms with Crippen molar-refractivity contribution in [2.75, 3.05) is 31.2 Å². The molecule has 1 aliphatic rings. The van der Waals surface area contributed by atoms with Crippen LogP contribution < -0.4 is 16.0 Å². The molecule has 1 aliphatic heterocycles. The summed E-state index contributed by atoms with van der Waals surface area (Å²) in [5.74, 6) is 0. The molecule has 4 rings (SSSR count). The van der Waals surface area contributed by atoms with Crippen LogP contribution in [0.1, 0.15) is 18.4 Å². The summed E-state index contributed by atoms with van der Waals surface area (Å²) in [6.07, 6.45) is 4.75. The minimum atomic E-state index is -4.50. The van der Waals surface area contributed by atoms with E-state index >= 15 is 0 Å². The summed E-state index contributed by atoms with van der Waals surface area (Å²) in [7, 11) is -3.18. The number of pyridine rings is 1. The predicted octanol–water partition coefficient (Wildman–Crippen LogP) is 2.66. The van der Waals surface area contributed by atoms with E-state index in [1.807, 2.05) is 34.2 Å².